The van der Waals surface area contributed by atoms with Crippen molar-refractivity contribution >= 4 is 27.5 Å². The second-order valence-corrected chi connectivity index (χ2v) is 13.9. The number of Topliss-reactive ketones (excluding diaryl/α,β-unsaturated/α-hetero) is 1. The Kier molecular flexibility index (Phi) is 10.5. The van der Waals surface area contributed by atoms with E-state index in [9.17, 15) is 31.2 Å². The van der Waals surface area contributed by atoms with Crippen LogP contribution in [-0.4, -0.2) is 30.4 Å². The summed E-state index contributed by atoms with van der Waals surface area (Å²) in [4.78, 5) is 26.1. The van der Waals surface area contributed by atoms with Crippen LogP contribution >= 0.6 is 0 Å². The fourth-order valence-electron chi connectivity index (χ4n) is 5.06. The Labute approximate surface area is 267 Å². The number of hydrogen-bond acceptors (Lipinski definition) is 4. The van der Waals surface area contributed by atoms with E-state index in [2.05, 4.69) is 38.2 Å². The summed E-state index contributed by atoms with van der Waals surface area (Å²) in [6.45, 7) is 6.42. The zero-order valence-electron chi connectivity index (χ0n) is 25.8. The number of halogens is 3. The average Bonchev–Trinajstić information content (AvgIpc) is 2.99. The Balaban J connectivity index is 1.58. The summed E-state index contributed by atoms with van der Waals surface area (Å²) in [7, 11) is -4.16. The third-order valence-electron chi connectivity index (χ3n) is 7.69. The molecular formula is C36H36F3NO5S. The van der Waals surface area contributed by atoms with Gasteiger partial charge in [-0.2, -0.15) is 21.6 Å². The van der Waals surface area contributed by atoms with Gasteiger partial charge in [-0.1, -0.05) is 99.6 Å². The van der Waals surface area contributed by atoms with Crippen LogP contribution in [0.25, 0.3) is 11.1 Å². The predicted molar refractivity (Wildman–Crippen MR) is 174 cm³/mol. The highest BCUT2D eigenvalue weighted by Gasteiger charge is 2.31. The molecule has 10 heteroatoms. The zero-order valence-corrected chi connectivity index (χ0v) is 26.6. The molecule has 0 aliphatic heterocycles. The minimum atomic E-state index is -4.56. The minimum Gasteiger partial charge on any atom is -0.326 e. The Morgan fingerprint density at radius 3 is 1.93 bits per heavy atom. The summed E-state index contributed by atoms with van der Waals surface area (Å²) in [5.41, 5.74) is 4.02. The molecule has 0 bridgehead atoms. The molecule has 46 heavy (non-hydrogen) atoms. The standard InChI is InChI=1S/C36H36F3NO5S/c1-35(2,3)29-19-17-26(18-20-29)25-13-15-27(16-14-25)32(34(42)40-31-7-4-6-30(23-31)36(37,38)39)22-24-9-11-28(12-10-24)33(41)8-5-21-46(43,44)45/h4,6-7,9-20,23,32H,5,8,21-22H2,1-3H3,(H,40,42)(H,43,44,45). The number of carbonyl (C=O) groups excluding carboxylic acids is 2. The number of amides is 1. The van der Waals surface area contributed by atoms with Crippen LogP contribution < -0.4 is 5.32 Å². The Bertz CT molecular complexity index is 1780. The zero-order chi connectivity index (χ0) is 33.7. The Morgan fingerprint density at radius 2 is 1.39 bits per heavy atom. The third-order valence-corrected chi connectivity index (χ3v) is 8.50. The molecule has 0 aromatic heterocycles. The van der Waals surface area contributed by atoms with Crippen molar-refractivity contribution in [2.24, 2.45) is 0 Å². The van der Waals surface area contributed by atoms with E-state index in [1.54, 1.807) is 24.3 Å². The van der Waals surface area contributed by atoms with Crippen molar-refractivity contribution in [2.75, 3.05) is 11.1 Å². The molecule has 2 N–H and O–H groups in total. The summed E-state index contributed by atoms with van der Waals surface area (Å²) in [6, 6.07) is 26.7. The summed E-state index contributed by atoms with van der Waals surface area (Å²) in [5.74, 6) is -2.07. The molecule has 0 heterocycles. The molecule has 0 fully saturated rings. The van der Waals surface area contributed by atoms with Crippen molar-refractivity contribution in [2.45, 2.75) is 57.5 Å². The van der Waals surface area contributed by atoms with E-state index in [-0.39, 0.29) is 36.1 Å². The smallest absolute Gasteiger partial charge is 0.326 e. The maximum atomic E-state index is 13.6. The lowest BCUT2D eigenvalue weighted by Crippen LogP contribution is -2.23. The maximum absolute atomic E-state index is 13.6. The molecule has 0 spiro atoms. The topological polar surface area (TPSA) is 101 Å². The van der Waals surface area contributed by atoms with Gasteiger partial charge in [-0.25, -0.2) is 0 Å². The molecule has 1 unspecified atom stereocenters. The highest BCUT2D eigenvalue weighted by Crippen LogP contribution is 2.32. The van der Waals surface area contributed by atoms with Crippen molar-refractivity contribution in [3.63, 3.8) is 0 Å². The van der Waals surface area contributed by atoms with Gasteiger partial charge in [0, 0.05) is 17.7 Å². The van der Waals surface area contributed by atoms with Gasteiger partial charge in [-0.3, -0.25) is 14.1 Å². The van der Waals surface area contributed by atoms with Crippen LogP contribution in [0.5, 0.6) is 0 Å². The third kappa shape index (κ3) is 9.61. The fourth-order valence-corrected chi connectivity index (χ4v) is 5.57. The fraction of sp³-hybridized carbons (Fsp3) is 0.278. The van der Waals surface area contributed by atoms with Gasteiger partial charge in [0.25, 0.3) is 10.1 Å². The largest absolute Gasteiger partial charge is 0.416 e. The average molecular weight is 652 g/mol. The Morgan fingerprint density at radius 1 is 0.804 bits per heavy atom. The summed E-state index contributed by atoms with van der Waals surface area (Å²) in [6.07, 6.45) is -4.45. The van der Waals surface area contributed by atoms with Gasteiger partial charge in [0.05, 0.1) is 17.2 Å². The first-order chi connectivity index (χ1) is 21.5. The van der Waals surface area contributed by atoms with Gasteiger partial charge in [0.1, 0.15) is 0 Å². The Hall–Kier alpha value is -4.28. The quantitative estimate of drug-likeness (QED) is 0.125. The van der Waals surface area contributed by atoms with Gasteiger partial charge >= 0.3 is 6.18 Å². The SMILES string of the molecule is CC(C)(C)c1ccc(-c2ccc(C(Cc3ccc(C(=O)CCCS(=O)(=O)O)cc3)C(=O)Nc3cccc(C(F)(F)F)c3)cc2)cc1. The van der Waals surface area contributed by atoms with Crippen LogP contribution in [0.3, 0.4) is 0 Å². The first kappa shape index (κ1) is 34.6. The van der Waals surface area contributed by atoms with Crippen LogP contribution in [0.1, 0.15) is 72.1 Å². The van der Waals surface area contributed by atoms with Gasteiger partial charge in [0.2, 0.25) is 5.91 Å². The molecule has 242 valence electrons. The number of carbonyl (C=O) groups is 2. The lowest BCUT2D eigenvalue weighted by molar-refractivity contribution is -0.137. The van der Waals surface area contributed by atoms with E-state index in [4.69, 9.17) is 4.55 Å². The molecule has 0 aliphatic rings. The van der Waals surface area contributed by atoms with Crippen molar-refractivity contribution in [1.29, 1.82) is 0 Å². The van der Waals surface area contributed by atoms with E-state index >= 15 is 0 Å². The van der Waals surface area contributed by atoms with E-state index in [0.717, 1.165) is 23.3 Å². The molecule has 0 aliphatic carbocycles. The molecule has 4 aromatic rings. The van der Waals surface area contributed by atoms with Crippen molar-refractivity contribution in [1.82, 2.24) is 0 Å². The minimum absolute atomic E-state index is 0.0111. The van der Waals surface area contributed by atoms with Crippen LogP contribution in [0.15, 0.2) is 97.1 Å². The summed E-state index contributed by atoms with van der Waals surface area (Å²) >= 11 is 0. The number of nitrogens with one attached hydrogen (secondary N) is 1. The molecule has 4 aromatic carbocycles. The summed E-state index contributed by atoms with van der Waals surface area (Å²) < 4.78 is 70.7. The van der Waals surface area contributed by atoms with Crippen LogP contribution in [0.2, 0.25) is 0 Å². The highest BCUT2D eigenvalue weighted by atomic mass is 32.2. The lowest BCUT2D eigenvalue weighted by atomic mass is 9.86. The highest BCUT2D eigenvalue weighted by molar-refractivity contribution is 7.85. The summed E-state index contributed by atoms with van der Waals surface area (Å²) in [5, 5.41) is 2.64. The number of anilines is 1. The van der Waals surface area contributed by atoms with Crippen LogP contribution in [0, 0.1) is 0 Å². The van der Waals surface area contributed by atoms with Gasteiger partial charge < -0.3 is 5.32 Å². The van der Waals surface area contributed by atoms with Crippen LogP contribution in [0.4, 0.5) is 18.9 Å². The van der Waals surface area contributed by atoms with E-state index in [0.29, 0.717) is 16.7 Å². The first-order valence-electron chi connectivity index (χ1n) is 14.8. The lowest BCUT2D eigenvalue weighted by Gasteiger charge is -2.20. The van der Waals surface area contributed by atoms with Crippen molar-refractivity contribution < 1.29 is 35.7 Å². The second-order valence-electron chi connectivity index (χ2n) is 12.3. The molecule has 0 radical (unpaired) electrons. The predicted octanol–water partition coefficient (Wildman–Crippen LogP) is 8.49. The van der Waals surface area contributed by atoms with Gasteiger partial charge in [-0.15, -0.1) is 0 Å². The first-order valence-corrected chi connectivity index (χ1v) is 16.4. The number of alkyl halides is 3. The molecule has 0 saturated heterocycles. The van der Waals surface area contributed by atoms with Gasteiger partial charge in [0.15, 0.2) is 5.78 Å². The van der Waals surface area contributed by atoms with Gasteiger partial charge in [-0.05, 0) is 64.3 Å². The number of benzene rings is 4. The van der Waals surface area contributed by atoms with E-state index < -0.39 is 39.4 Å². The molecular weight excluding hydrogens is 615 g/mol. The molecule has 0 saturated carbocycles. The number of hydrogen-bond donors (Lipinski definition) is 2. The van der Waals surface area contributed by atoms with E-state index in [1.165, 1.54) is 17.7 Å². The maximum Gasteiger partial charge on any atom is 0.416 e. The molecule has 1 atom stereocenters. The molecule has 1 amide bonds. The number of ketones is 1. The van der Waals surface area contributed by atoms with Crippen molar-refractivity contribution in [3.05, 3.63) is 125 Å². The van der Waals surface area contributed by atoms with E-state index in [1.807, 2.05) is 36.4 Å². The van der Waals surface area contributed by atoms with Crippen molar-refractivity contribution in [3.8, 4) is 11.1 Å². The molecule has 6 nitrogen and oxygen atoms in total. The second kappa shape index (κ2) is 14.0. The molecule has 4 rings (SSSR count). The van der Waals surface area contributed by atoms with Crippen LogP contribution in [-0.2, 0) is 32.9 Å². The number of rotatable bonds is 11. The normalized spacial score (nSPS) is 12.8. The monoisotopic (exact) mass is 651 g/mol.